The predicted molar refractivity (Wildman–Crippen MR) is 100 cm³/mol. The summed E-state index contributed by atoms with van der Waals surface area (Å²) in [6, 6.07) is 19.2. The van der Waals surface area contributed by atoms with Crippen LogP contribution in [-0.4, -0.2) is 23.4 Å². The van der Waals surface area contributed by atoms with Crippen molar-refractivity contribution in [3.05, 3.63) is 76.8 Å². The Kier molecular flexibility index (Phi) is 4.16. The Balaban J connectivity index is 1.77. The number of thiazole rings is 1. The van der Waals surface area contributed by atoms with Crippen molar-refractivity contribution in [2.75, 3.05) is 10.2 Å². The van der Waals surface area contributed by atoms with Gasteiger partial charge in [-0.3, -0.25) is 15.0 Å². The zero-order chi connectivity index (χ0) is 17.9. The molecule has 1 N–H and O–H groups in total. The number of carbonyl (C=O) groups excluding carboxylic acids is 2. The van der Waals surface area contributed by atoms with Crippen LogP contribution in [0.1, 0.15) is 25.7 Å². The quantitative estimate of drug-likeness (QED) is 0.703. The second kappa shape index (κ2) is 6.77. The largest absolute Gasteiger partial charge is 0.297 e. The van der Waals surface area contributed by atoms with Gasteiger partial charge in [0.25, 0.3) is 0 Å². The van der Waals surface area contributed by atoms with Crippen molar-refractivity contribution in [2.24, 2.45) is 5.10 Å². The van der Waals surface area contributed by atoms with Crippen LogP contribution in [0.3, 0.4) is 0 Å². The van der Waals surface area contributed by atoms with Crippen LogP contribution in [-0.2, 0) is 0 Å². The number of anilines is 2. The molecule has 4 rings (SSSR count). The normalized spacial score (nSPS) is 13.3. The van der Waals surface area contributed by atoms with Gasteiger partial charge in [0.1, 0.15) is 5.69 Å². The van der Waals surface area contributed by atoms with Gasteiger partial charge in [-0.05, 0) is 12.1 Å². The van der Waals surface area contributed by atoms with E-state index >= 15 is 0 Å². The molecule has 1 aromatic heterocycles. The Morgan fingerprint density at radius 1 is 0.923 bits per heavy atom. The maximum absolute atomic E-state index is 11.2. The van der Waals surface area contributed by atoms with Gasteiger partial charge in [0.2, 0.25) is 5.13 Å². The maximum Gasteiger partial charge on any atom is 0.228 e. The first-order chi connectivity index (χ1) is 12.8. The van der Waals surface area contributed by atoms with Gasteiger partial charge in [-0.1, -0.05) is 59.9 Å². The summed E-state index contributed by atoms with van der Waals surface area (Å²) >= 11 is 1.11. The van der Waals surface area contributed by atoms with Gasteiger partial charge < -0.3 is 0 Å². The number of hydrogen-bond donors (Lipinski definition) is 1. The molecule has 0 unspecified atom stereocenters. The van der Waals surface area contributed by atoms with E-state index in [1.807, 2.05) is 60.7 Å². The zero-order valence-corrected chi connectivity index (χ0v) is 14.3. The number of carbonyl (C=O) groups is 2. The van der Waals surface area contributed by atoms with Crippen LogP contribution in [0.25, 0.3) is 0 Å². The van der Waals surface area contributed by atoms with Crippen LogP contribution in [0.4, 0.5) is 10.8 Å². The smallest absolute Gasteiger partial charge is 0.228 e. The highest BCUT2D eigenvalue weighted by Crippen LogP contribution is 2.30. The summed E-state index contributed by atoms with van der Waals surface area (Å²) < 4.78 is 0. The number of amidine groups is 1. The highest BCUT2D eigenvalue weighted by molar-refractivity contribution is 7.17. The number of aldehydes is 2. The Hall–Kier alpha value is -3.52. The summed E-state index contributed by atoms with van der Waals surface area (Å²) in [5.41, 5.74) is 5.01. The molecule has 1 aliphatic rings. The van der Waals surface area contributed by atoms with Crippen LogP contribution in [0.15, 0.2) is 65.8 Å². The summed E-state index contributed by atoms with van der Waals surface area (Å²) in [6.45, 7) is 0. The summed E-state index contributed by atoms with van der Waals surface area (Å²) in [7, 11) is 0. The lowest BCUT2D eigenvalue weighted by Gasteiger charge is -2.25. The number of nitrogens with one attached hydrogen (secondary N) is 1. The van der Waals surface area contributed by atoms with E-state index in [-0.39, 0.29) is 10.6 Å². The number of hydrazine groups is 2. The molecule has 0 bridgehead atoms. The van der Waals surface area contributed by atoms with Crippen LogP contribution in [0.2, 0.25) is 0 Å². The lowest BCUT2D eigenvalue weighted by atomic mass is 10.2. The van der Waals surface area contributed by atoms with Gasteiger partial charge >= 0.3 is 0 Å². The van der Waals surface area contributed by atoms with Gasteiger partial charge in [-0.25, -0.2) is 4.98 Å². The van der Waals surface area contributed by atoms with Crippen LogP contribution in [0, 0.1) is 0 Å². The maximum atomic E-state index is 11.2. The van der Waals surface area contributed by atoms with E-state index in [0.29, 0.717) is 23.5 Å². The summed E-state index contributed by atoms with van der Waals surface area (Å²) in [6.07, 6.45) is 1.21. The van der Waals surface area contributed by atoms with E-state index in [2.05, 4.69) is 15.5 Å². The molecule has 0 saturated heterocycles. The number of benzene rings is 2. The third kappa shape index (κ3) is 2.82. The highest BCUT2D eigenvalue weighted by Gasteiger charge is 2.29. The molecule has 0 aliphatic carbocycles. The number of aromatic nitrogens is 1. The molecule has 128 valence electrons. The lowest BCUT2D eigenvalue weighted by molar-refractivity contribution is 0.109. The van der Waals surface area contributed by atoms with Gasteiger partial charge in [-0.15, -0.1) is 15.3 Å². The molecule has 0 fully saturated rings. The van der Waals surface area contributed by atoms with E-state index in [1.165, 1.54) is 0 Å². The molecule has 2 aromatic carbocycles. The molecule has 3 aromatic rings. The monoisotopic (exact) mass is 363 g/mol. The first-order valence-corrected chi connectivity index (χ1v) is 8.59. The number of hydrazone groups is 1. The minimum atomic E-state index is 0.114. The topological polar surface area (TPSA) is 77.9 Å². The third-order valence-electron chi connectivity index (χ3n) is 3.70. The number of nitrogens with zero attached hydrogens (tertiary/aromatic N) is 4. The molecular weight excluding hydrogens is 350 g/mol. The molecule has 0 atom stereocenters. The van der Waals surface area contributed by atoms with Crippen molar-refractivity contribution in [2.45, 2.75) is 0 Å². The van der Waals surface area contributed by atoms with Crippen molar-refractivity contribution >= 4 is 40.6 Å². The lowest BCUT2D eigenvalue weighted by Crippen LogP contribution is -2.44. The Morgan fingerprint density at radius 2 is 1.62 bits per heavy atom. The number of hydrogen-bond acceptors (Lipinski definition) is 8. The fourth-order valence-electron chi connectivity index (χ4n) is 2.48. The highest BCUT2D eigenvalue weighted by atomic mass is 32.1. The second-order valence-corrected chi connectivity index (χ2v) is 6.35. The molecule has 26 heavy (non-hydrogen) atoms. The fraction of sp³-hybridized carbons (Fsp3) is 0. The molecule has 7 nitrogen and oxygen atoms in total. The van der Waals surface area contributed by atoms with Gasteiger partial charge in [0.15, 0.2) is 18.4 Å². The Labute approximate surface area is 153 Å². The fourth-order valence-corrected chi connectivity index (χ4v) is 3.28. The van der Waals surface area contributed by atoms with Crippen molar-refractivity contribution in [1.29, 1.82) is 0 Å². The van der Waals surface area contributed by atoms with E-state index in [9.17, 15) is 9.59 Å². The first kappa shape index (κ1) is 16.0. The molecule has 8 heteroatoms. The molecule has 0 radical (unpaired) electrons. The van der Waals surface area contributed by atoms with Crippen molar-refractivity contribution in [3.8, 4) is 0 Å². The predicted octanol–water partition coefficient (Wildman–Crippen LogP) is 2.88. The molecule has 0 spiro atoms. The number of rotatable bonds is 5. The second-order valence-electron chi connectivity index (χ2n) is 5.34. The van der Waals surface area contributed by atoms with Crippen molar-refractivity contribution in [3.63, 3.8) is 0 Å². The minimum absolute atomic E-state index is 0.114. The van der Waals surface area contributed by atoms with E-state index in [4.69, 9.17) is 0 Å². The summed E-state index contributed by atoms with van der Waals surface area (Å²) in [5.74, 6) is 0.630. The van der Waals surface area contributed by atoms with E-state index in [1.54, 1.807) is 10.2 Å². The average molecular weight is 363 g/mol. The summed E-state index contributed by atoms with van der Waals surface area (Å²) in [4.78, 5) is 26.9. The third-order valence-corrected chi connectivity index (χ3v) is 4.67. The van der Waals surface area contributed by atoms with Crippen LogP contribution >= 0.6 is 11.3 Å². The average Bonchev–Trinajstić information content (AvgIpc) is 3.33. The molecule has 0 saturated carbocycles. The van der Waals surface area contributed by atoms with E-state index < -0.39 is 0 Å². The molecule has 2 heterocycles. The van der Waals surface area contributed by atoms with E-state index in [0.717, 1.165) is 22.6 Å². The molecular formula is C18H13N5O2S. The minimum Gasteiger partial charge on any atom is -0.297 e. The van der Waals surface area contributed by atoms with Gasteiger partial charge in [-0.2, -0.15) is 0 Å². The summed E-state index contributed by atoms with van der Waals surface area (Å²) in [5, 5.41) is 8.33. The van der Waals surface area contributed by atoms with Crippen LogP contribution in [0.5, 0.6) is 0 Å². The Morgan fingerprint density at radius 3 is 2.23 bits per heavy atom. The first-order valence-electron chi connectivity index (χ1n) is 7.77. The molecule has 0 amide bonds. The van der Waals surface area contributed by atoms with Gasteiger partial charge in [0.05, 0.1) is 10.6 Å². The van der Waals surface area contributed by atoms with Gasteiger partial charge in [0, 0.05) is 5.56 Å². The Bertz CT molecular complexity index is 946. The zero-order valence-electron chi connectivity index (χ0n) is 13.4. The number of para-hydroxylation sites is 1. The van der Waals surface area contributed by atoms with Crippen molar-refractivity contribution < 1.29 is 9.59 Å². The SMILES string of the molecule is O=Cc1nc(N2NC(c3ccccc3)=NN2c2ccccc2)sc1C=O. The van der Waals surface area contributed by atoms with Crippen molar-refractivity contribution in [1.82, 2.24) is 10.4 Å². The standard InChI is InChI=1S/C18H13N5O2S/c24-11-15-16(12-25)26-18(19-15)23-21-17(13-7-3-1-4-8-13)20-22(23)14-9-5-2-6-10-14/h1-12H,(H,20,21). The van der Waals surface area contributed by atoms with Crippen LogP contribution < -0.4 is 15.7 Å². The molecule has 1 aliphatic heterocycles.